The second kappa shape index (κ2) is 5.47. The lowest BCUT2D eigenvalue weighted by Crippen LogP contribution is -2.05. The summed E-state index contributed by atoms with van der Waals surface area (Å²) in [6.07, 6.45) is 1.35. The van der Waals surface area contributed by atoms with Crippen LogP contribution in [0.4, 0.5) is 5.69 Å². The zero-order valence-electron chi connectivity index (χ0n) is 9.73. The highest BCUT2D eigenvalue weighted by atomic mass is 35.5. The number of aliphatic carboxylic acids is 1. The minimum absolute atomic E-state index is 0.160. The molecule has 0 radical (unpaired) electrons. The van der Waals surface area contributed by atoms with Crippen molar-refractivity contribution < 1.29 is 9.90 Å². The van der Waals surface area contributed by atoms with Crippen molar-refractivity contribution in [1.82, 2.24) is 4.98 Å². The number of carbonyl (C=O) groups is 1. The summed E-state index contributed by atoms with van der Waals surface area (Å²) >= 11 is 11.9. The number of halogens is 2. The fourth-order valence-corrected chi connectivity index (χ4v) is 2.22. The van der Waals surface area contributed by atoms with Crippen LogP contribution in [0.5, 0.6) is 0 Å². The van der Waals surface area contributed by atoms with E-state index in [9.17, 15) is 4.79 Å². The number of nitrogens with two attached hydrogens (primary N) is 1. The van der Waals surface area contributed by atoms with Crippen LogP contribution in [0.15, 0.2) is 30.5 Å². The first-order chi connectivity index (χ1) is 8.99. The van der Waals surface area contributed by atoms with Crippen LogP contribution in [0.3, 0.4) is 0 Å². The maximum Gasteiger partial charge on any atom is 0.307 e. The van der Waals surface area contributed by atoms with Crippen molar-refractivity contribution in [2.75, 3.05) is 5.73 Å². The van der Waals surface area contributed by atoms with Crippen LogP contribution in [0.2, 0.25) is 10.0 Å². The molecule has 1 heterocycles. The summed E-state index contributed by atoms with van der Waals surface area (Å²) in [5.74, 6) is -0.953. The molecule has 0 saturated heterocycles. The Hall–Kier alpha value is -1.78. The second-order valence-corrected chi connectivity index (χ2v) is 4.77. The first-order valence-corrected chi connectivity index (χ1v) is 6.15. The lowest BCUT2D eigenvalue weighted by molar-refractivity contribution is -0.136. The largest absolute Gasteiger partial charge is 0.481 e. The molecular weight excluding hydrogens is 287 g/mol. The van der Waals surface area contributed by atoms with Gasteiger partial charge in [0.1, 0.15) is 0 Å². The summed E-state index contributed by atoms with van der Waals surface area (Å²) in [5, 5.41) is 9.75. The Morgan fingerprint density at radius 2 is 2.05 bits per heavy atom. The van der Waals surface area contributed by atoms with E-state index >= 15 is 0 Å². The molecule has 0 aliphatic heterocycles. The predicted octanol–water partition coefficient (Wildman–Crippen LogP) is 3.26. The topological polar surface area (TPSA) is 76.2 Å². The number of pyridine rings is 1. The van der Waals surface area contributed by atoms with Crippen molar-refractivity contribution in [3.63, 3.8) is 0 Å². The van der Waals surface area contributed by atoms with Crippen molar-refractivity contribution in [2.45, 2.75) is 6.42 Å². The van der Waals surface area contributed by atoms with Gasteiger partial charge in [-0.3, -0.25) is 9.78 Å². The van der Waals surface area contributed by atoms with E-state index in [1.54, 1.807) is 24.3 Å². The summed E-state index contributed by atoms with van der Waals surface area (Å²) in [7, 11) is 0. The average Bonchev–Trinajstić information content (AvgIpc) is 2.32. The molecular formula is C13H10Cl2N2O2. The van der Waals surface area contributed by atoms with Gasteiger partial charge in [0.2, 0.25) is 0 Å². The van der Waals surface area contributed by atoms with Gasteiger partial charge in [-0.1, -0.05) is 23.2 Å². The molecule has 2 rings (SSSR count). The second-order valence-electron chi connectivity index (χ2n) is 3.93. The normalized spacial score (nSPS) is 10.4. The smallest absolute Gasteiger partial charge is 0.307 e. The van der Waals surface area contributed by atoms with Gasteiger partial charge in [-0.25, -0.2) is 0 Å². The SMILES string of the molecule is Nc1c(CC(=O)O)ccnc1-c1ccc(Cl)cc1Cl. The minimum atomic E-state index is -0.953. The third-order valence-electron chi connectivity index (χ3n) is 2.61. The molecule has 98 valence electrons. The number of anilines is 1. The Kier molecular flexibility index (Phi) is 3.93. The van der Waals surface area contributed by atoms with E-state index in [0.29, 0.717) is 32.6 Å². The zero-order chi connectivity index (χ0) is 14.0. The Labute approximate surface area is 119 Å². The average molecular weight is 297 g/mol. The van der Waals surface area contributed by atoms with Gasteiger partial charge in [0.05, 0.1) is 22.8 Å². The van der Waals surface area contributed by atoms with Gasteiger partial charge in [-0.2, -0.15) is 0 Å². The summed E-state index contributed by atoms with van der Waals surface area (Å²) < 4.78 is 0. The van der Waals surface area contributed by atoms with Gasteiger partial charge < -0.3 is 10.8 Å². The number of rotatable bonds is 3. The fraction of sp³-hybridized carbons (Fsp3) is 0.0769. The van der Waals surface area contributed by atoms with Crippen molar-refractivity contribution in [3.05, 3.63) is 46.1 Å². The van der Waals surface area contributed by atoms with Crippen LogP contribution in [0.25, 0.3) is 11.3 Å². The first-order valence-electron chi connectivity index (χ1n) is 5.39. The molecule has 3 N–H and O–H groups in total. The summed E-state index contributed by atoms with van der Waals surface area (Å²) in [4.78, 5) is 14.9. The lowest BCUT2D eigenvalue weighted by atomic mass is 10.0. The van der Waals surface area contributed by atoms with Crippen LogP contribution in [0.1, 0.15) is 5.56 Å². The fourth-order valence-electron chi connectivity index (χ4n) is 1.73. The Balaban J connectivity index is 2.53. The van der Waals surface area contributed by atoms with E-state index in [0.717, 1.165) is 0 Å². The molecule has 2 aromatic rings. The van der Waals surface area contributed by atoms with Gasteiger partial charge in [0, 0.05) is 16.8 Å². The molecule has 0 bridgehead atoms. The van der Waals surface area contributed by atoms with E-state index < -0.39 is 5.97 Å². The zero-order valence-corrected chi connectivity index (χ0v) is 11.2. The van der Waals surface area contributed by atoms with E-state index in [1.807, 2.05) is 0 Å². The van der Waals surface area contributed by atoms with Crippen LogP contribution < -0.4 is 5.73 Å². The number of aromatic nitrogens is 1. The molecule has 0 atom stereocenters. The van der Waals surface area contributed by atoms with E-state index in [-0.39, 0.29) is 6.42 Å². The highest BCUT2D eigenvalue weighted by Gasteiger charge is 2.13. The summed E-state index contributed by atoms with van der Waals surface area (Å²) in [6.45, 7) is 0. The first kappa shape index (κ1) is 13.6. The molecule has 0 saturated carbocycles. The molecule has 0 spiro atoms. The van der Waals surface area contributed by atoms with E-state index in [2.05, 4.69) is 4.98 Å². The number of carboxylic acids is 1. The Morgan fingerprint density at radius 3 is 2.68 bits per heavy atom. The molecule has 0 unspecified atom stereocenters. The predicted molar refractivity (Wildman–Crippen MR) is 75.4 cm³/mol. The number of nitrogens with zero attached hydrogens (tertiary/aromatic N) is 1. The number of carboxylic acid groups (broad SMARTS) is 1. The van der Waals surface area contributed by atoms with Gasteiger partial charge in [-0.05, 0) is 29.8 Å². The van der Waals surface area contributed by atoms with Crippen molar-refractivity contribution in [2.24, 2.45) is 0 Å². The van der Waals surface area contributed by atoms with E-state index in [1.165, 1.54) is 6.20 Å². The third kappa shape index (κ3) is 2.97. The third-order valence-corrected chi connectivity index (χ3v) is 3.16. The molecule has 1 aromatic carbocycles. The number of nitrogen functional groups attached to an aromatic ring is 1. The highest BCUT2D eigenvalue weighted by molar-refractivity contribution is 6.36. The molecule has 0 amide bonds. The van der Waals surface area contributed by atoms with Crippen LogP contribution >= 0.6 is 23.2 Å². The van der Waals surface area contributed by atoms with Gasteiger partial charge in [0.15, 0.2) is 0 Å². The highest BCUT2D eigenvalue weighted by Crippen LogP contribution is 2.33. The van der Waals surface area contributed by atoms with Gasteiger partial charge >= 0.3 is 5.97 Å². The Bertz CT molecular complexity index is 645. The monoisotopic (exact) mass is 296 g/mol. The minimum Gasteiger partial charge on any atom is -0.481 e. The van der Waals surface area contributed by atoms with Gasteiger partial charge in [-0.15, -0.1) is 0 Å². The maximum atomic E-state index is 10.8. The van der Waals surface area contributed by atoms with Gasteiger partial charge in [0.25, 0.3) is 0 Å². The lowest BCUT2D eigenvalue weighted by Gasteiger charge is -2.10. The summed E-state index contributed by atoms with van der Waals surface area (Å²) in [5.41, 5.74) is 7.85. The quantitative estimate of drug-likeness (QED) is 0.911. The maximum absolute atomic E-state index is 10.8. The molecule has 4 nitrogen and oxygen atoms in total. The van der Waals surface area contributed by atoms with Crippen LogP contribution in [-0.4, -0.2) is 16.1 Å². The molecule has 0 aliphatic carbocycles. The van der Waals surface area contributed by atoms with Crippen LogP contribution in [-0.2, 0) is 11.2 Å². The number of hydrogen-bond acceptors (Lipinski definition) is 3. The molecule has 6 heteroatoms. The van der Waals surface area contributed by atoms with Crippen molar-refractivity contribution >= 4 is 34.9 Å². The van der Waals surface area contributed by atoms with Crippen molar-refractivity contribution in [1.29, 1.82) is 0 Å². The molecule has 0 fully saturated rings. The number of hydrogen-bond donors (Lipinski definition) is 2. The molecule has 19 heavy (non-hydrogen) atoms. The molecule has 1 aromatic heterocycles. The standard InChI is InChI=1S/C13H10Cl2N2O2/c14-8-1-2-9(10(15)6-8)13-12(16)7(3-4-17-13)5-11(18)19/h1-4,6H,5,16H2,(H,18,19). The molecule has 0 aliphatic rings. The van der Waals surface area contributed by atoms with Crippen molar-refractivity contribution in [3.8, 4) is 11.3 Å². The summed E-state index contributed by atoms with van der Waals surface area (Å²) in [6, 6.07) is 6.54. The number of benzene rings is 1. The van der Waals surface area contributed by atoms with E-state index in [4.69, 9.17) is 34.0 Å². The Morgan fingerprint density at radius 1 is 1.32 bits per heavy atom. The van der Waals surface area contributed by atoms with Crippen LogP contribution in [0, 0.1) is 0 Å².